The van der Waals surface area contributed by atoms with Crippen molar-refractivity contribution in [2.24, 2.45) is 0 Å². The van der Waals surface area contributed by atoms with Crippen molar-refractivity contribution in [2.75, 3.05) is 18.5 Å². The second-order valence-electron chi connectivity index (χ2n) is 4.38. The molecule has 0 aliphatic heterocycles. The van der Waals surface area contributed by atoms with Gasteiger partial charge in [0.2, 0.25) is 0 Å². The van der Waals surface area contributed by atoms with E-state index in [2.05, 4.69) is 5.32 Å². The number of ether oxygens (including phenoxy) is 1. The van der Waals surface area contributed by atoms with E-state index in [4.69, 9.17) is 21.6 Å². The van der Waals surface area contributed by atoms with Crippen LogP contribution in [0.15, 0.2) is 42.5 Å². The van der Waals surface area contributed by atoms with Gasteiger partial charge >= 0.3 is 0 Å². The van der Waals surface area contributed by atoms with E-state index in [0.717, 1.165) is 5.56 Å². The van der Waals surface area contributed by atoms with Crippen LogP contribution >= 0.6 is 11.6 Å². The average Bonchev–Trinajstić information content (AvgIpc) is 2.49. The molecule has 0 saturated heterocycles. The van der Waals surface area contributed by atoms with Gasteiger partial charge in [-0.2, -0.15) is 5.26 Å². The topological polar surface area (TPSA) is 45.0 Å². The molecule has 1 N–H and O–H groups in total. The van der Waals surface area contributed by atoms with Gasteiger partial charge in [0.05, 0.1) is 18.9 Å². The Morgan fingerprint density at radius 3 is 2.67 bits per heavy atom. The Bertz CT molecular complexity index is 638. The number of halogens is 2. The Morgan fingerprint density at radius 2 is 1.95 bits per heavy atom. The number of anilines is 1. The number of hydrogen-bond acceptors (Lipinski definition) is 3. The molecule has 2 aromatic rings. The first kappa shape index (κ1) is 15.3. The van der Waals surface area contributed by atoms with Gasteiger partial charge in [0.15, 0.2) is 0 Å². The van der Waals surface area contributed by atoms with E-state index >= 15 is 0 Å². The van der Waals surface area contributed by atoms with Gasteiger partial charge in [-0.05, 0) is 29.8 Å². The fourth-order valence-electron chi connectivity index (χ4n) is 1.81. The summed E-state index contributed by atoms with van der Waals surface area (Å²) in [5.41, 5.74) is 1.53. The first-order valence-corrected chi connectivity index (χ1v) is 6.83. The summed E-state index contributed by atoms with van der Waals surface area (Å²) in [5.74, 6) is -0.524. The van der Waals surface area contributed by atoms with Crippen molar-refractivity contribution in [2.45, 2.75) is 6.61 Å². The monoisotopic (exact) mass is 304 g/mol. The highest BCUT2D eigenvalue weighted by atomic mass is 35.5. The van der Waals surface area contributed by atoms with Crippen LogP contribution in [-0.4, -0.2) is 13.2 Å². The highest BCUT2D eigenvalue weighted by molar-refractivity contribution is 6.30. The molecule has 0 radical (unpaired) electrons. The summed E-state index contributed by atoms with van der Waals surface area (Å²) in [6.45, 7) is 1.42. The van der Waals surface area contributed by atoms with Crippen molar-refractivity contribution in [1.82, 2.24) is 0 Å². The maximum absolute atomic E-state index is 13.4. The number of nitrogens with zero attached hydrogens (tertiary/aromatic N) is 1. The van der Waals surface area contributed by atoms with Crippen molar-refractivity contribution in [3.63, 3.8) is 0 Å². The predicted octanol–water partition coefficient (Wildman–Crippen LogP) is 3.98. The molecule has 0 heterocycles. The minimum absolute atomic E-state index is 0.0233. The molecule has 3 nitrogen and oxygen atoms in total. The maximum atomic E-state index is 13.4. The fourth-order valence-corrected chi connectivity index (χ4v) is 1.94. The van der Waals surface area contributed by atoms with E-state index in [1.807, 2.05) is 30.3 Å². The van der Waals surface area contributed by atoms with Crippen molar-refractivity contribution in [3.05, 3.63) is 64.4 Å². The lowest BCUT2D eigenvalue weighted by molar-refractivity contribution is 0.130. The third-order valence-corrected chi connectivity index (χ3v) is 3.12. The Kier molecular flexibility index (Phi) is 5.56. The Labute approximate surface area is 127 Å². The molecule has 5 heteroatoms. The molecular formula is C16H14ClFN2O. The number of benzene rings is 2. The largest absolute Gasteiger partial charge is 0.382 e. The molecule has 0 aliphatic rings. The van der Waals surface area contributed by atoms with Gasteiger partial charge in [0.25, 0.3) is 0 Å². The molecule has 0 unspecified atom stereocenters. The van der Waals surface area contributed by atoms with E-state index in [1.54, 1.807) is 12.1 Å². The number of hydrogen-bond donors (Lipinski definition) is 1. The fraction of sp³-hybridized carbons (Fsp3) is 0.188. The van der Waals surface area contributed by atoms with Crippen LogP contribution in [0.3, 0.4) is 0 Å². The molecule has 2 rings (SSSR count). The van der Waals surface area contributed by atoms with E-state index in [9.17, 15) is 4.39 Å². The molecule has 108 valence electrons. The molecule has 0 aliphatic carbocycles. The quantitative estimate of drug-likeness (QED) is 0.821. The van der Waals surface area contributed by atoms with E-state index in [-0.39, 0.29) is 5.56 Å². The summed E-state index contributed by atoms with van der Waals surface area (Å²) in [5, 5.41) is 12.6. The van der Waals surface area contributed by atoms with Crippen LogP contribution in [0.4, 0.5) is 10.1 Å². The summed E-state index contributed by atoms with van der Waals surface area (Å²) < 4.78 is 18.9. The van der Waals surface area contributed by atoms with Crippen molar-refractivity contribution in [3.8, 4) is 6.07 Å². The van der Waals surface area contributed by atoms with E-state index in [0.29, 0.717) is 30.5 Å². The molecule has 0 fully saturated rings. The minimum Gasteiger partial charge on any atom is -0.382 e. The standard InChI is InChI=1S/C16H14ClFN2O/c17-13-6-4-12(5-7-13)11-21-9-8-20-16-3-1-2-15(18)14(16)10-19/h1-7,20H,8-9,11H2. The van der Waals surface area contributed by atoms with Crippen molar-refractivity contribution < 1.29 is 9.13 Å². The zero-order valence-corrected chi connectivity index (χ0v) is 12.0. The summed E-state index contributed by atoms with van der Waals surface area (Å²) in [4.78, 5) is 0. The number of rotatable bonds is 6. The third-order valence-electron chi connectivity index (χ3n) is 2.87. The van der Waals surface area contributed by atoms with Crippen LogP contribution in [0.25, 0.3) is 0 Å². The summed E-state index contributed by atoms with van der Waals surface area (Å²) in [6, 6.07) is 13.8. The minimum atomic E-state index is -0.524. The normalized spacial score (nSPS) is 10.1. The molecule has 0 amide bonds. The Hall–Kier alpha value is -2.09. The molecule has 0 saturated carbocycles. The molecular weight excluding hydrogens is 291 g/mol. The summed E-state index contributed by atoms with van der Waals surface area (Å²) in [7, 11) is 0. The van der Waals surface area contributed by atoms with Gasteiger partial charge in [-0.15, -0.1) is 0 Å². The van der Waals surface area contributed by atoms with Crippen LogP contribution in [0, 0.1) is 17.1 Å². The van der Waals surface area contributed by atoms with Crippen molar-refractivity contribution in [1.29, 1.82) is 5.26 Å². The predicted molar refractivity (Wildman–Crippen MR) is 80.7 cm³/mol. The molecule has 2 aromatic carbocycles. The van der Waals surface area contributed by atoms with Gasteiger partial charge in [-0.1, -0.05) is 29.8 Å². The summed E-state index contributed by atoms with van der Waals surface area (Å²) in [6.07, 6.45) is 0. The molecule has 0 spiro atoms. The van der Waals surface area contributed by atoms with Crippen LogP contribution < -0.4 is 5.32 Å². The van der Waals surface area contributed by atoms with Gasteiger partial charge in [0.1, 0.15) is 17.4 Å². The maximum Gasteiger partial charge on any atom is 0.143 e. The van der Waals surface area contributed by atoms with Gasteiger partial charge in [-0.25, -0.2) is 4.39 Å². The second kappa shape index (κ2) is 7.63. The second-order valence-corrected chi connectivity index (χ2v) is 4.82. The van der Waals surface area contributed by atoms with E-state index in [1.165, 1.54) is 6.07 Å². The van der Waals surface area contributed by atoms with Gasteiger partial charge < -0.3 is 10.1 Å². The van der Waals surface area contributed by atoms with Gasteiger partial charge in [0, 0.05) is 11.6 Å². The van der Waals surface area contributed by atoms with Crippen LogP contribution in [0.2, 0.25) is 5.02 Å². The highest BCUT2D eigenvalue weighted by Gasteiger charge is 2.06. The zero-order valence-electron chi connectivity index (χ0n) is 11.3. The lowest BCUT2D eigenvalue weighted by atomic mass is 10.2. The Balaban J connectivity index is 1.77. The van der Waals surface area contributed by atoms with Crippen LogP contribution in [0.1, 0.15) is 11.1 Å². The zero-order chi connectivity index (χ0) is 15.1. The molecule has 0 bridgehead atoms. The third kappa shape index (κ3) is 4.45. The number of nitrogens with one attached hydrogen (secondary N) is 1. The summed E-state index contributed by atoms with van der Waals surface area (Å²) >= 11 is 5.80. The molecule has 21 heavy (non-hydrogen) atoms. The Morgan fingerprint density at radius 1 is 1.19 bits per heavy atom. The number of nitriles is 1. The van der Waals surface area contributed by atoms with Gasteiger partial charge in [-0.3, -0.25) is 0 Å². The first-order chi connectivity index (χ1) is 10.2. The SMILES string of the molecule is N#Cc1c(F)cccc1NCCOCc1ccc(Cl)cc1. The highest BCUT2D eigenvalue weighted by Crippen LogP contribution is 2.17. The van der Waals surface area contributed by atoms with Crippen molar-refractivity contribution >= 4 is 17.3 Å². The molecule has 0 atom stereocenters. The van der Waals surface area contributed by atoms with E-state index < -0.39 is 5.82 Å². The molecule has 0 aromatic heterocycles. The van der Waals surface area contributed by atoms with Crippen LogP contribution in [-0.2, 0) is 11.3 Å². The first-order valence-electron chi connectivity index (χ1n) is 6.45. The average molecular weight is 305 g/mol. The lowest BCUT2D eigenvalue weighted by Crippen LogP contribution is -2.10. The smallest absolute Gasteiger partial charge is 0.143 e. The lowest BCUT2D eigenvalue weighted by Gasteiger charge is -2.09. The van der Waals surface area contributed by atoms with Crippen LogP contribution in [0.5, 0.6) is 0 Å².